The third kappa shape index (κ3) is 6.41. The van der Waals surface area contributed by atoms with E-state index in [-0.39, 0.29) is 35.8 Å². The number of hydrogen-bond acceptors (Lipinski definition) is 2. The quantitative estimate of drug-likeness (QED) is 0.231. The van der Waals surface area contributed by atoms with E-state index in [1.54, 1.807) is 0 Å². The standard InChI is InChI=1S/C18H34N4O.HI/c1-3-18(10-4-5-11-18)14-22-17(19-2)21-13-7-12-20-16(23)15-8-6-9-15;/h15H,3-14H2,1-2H3,(H,20,23)(H2,19,21,22);1H. The third-order valence-corrected chi connectivity index (χ3v) is 5.69. The maximum absolute atomic E-state index is 11.7. The Hall–Kier alpha value is -0.530. The van der Waals surface area contributed by atoms with Crippen LogP contribution in [0.1, 0.15) is 64.7 Å². The van der Waals surface area contributed by atoms with E-state index in [9.17, 15) is 4.79 Å². The minimum absolute atomic E-state index is 0. The lowest BCUT2D eigenvalue weighted by Gasteiger charge is -2.28. The maximum atomic E-state index is 11.7. The highest BCUT2D eigenvalue weighted by atomic mass is 127. The second kappa shape index (κ2) is 11.2. The Morgan fingerprint density at radius 3 is 2.29 bits per heavy atom. The molecule has 0 spiro atoms. The molecule has 0 aromatic heterocycles. The van der Waals surface area contributed by atoms with Gasteiger partial charge in [-0.2, -0.15) is 0 Å². The van der Waals surface area contributed by atoms with Crippen LogP contribution >= 0.6 is 24.0 Å². The summed E-state index contributed by atoms with van der Waals surface area (Å²) >= 11 is 0. The van der Waals surface area contributed by atoms with Crippen molar-refractivity contribution in [2.45, 2.75) is 64.7 Å². The zero-order valence-electron chi connectivity index (χ0n) is 15.3. The van der Waals surface area contributed by atoms with Crippen molar-refractivity contribution in [3.05, 3.63) is 0 Å². The molecule has 24 heavy (non-hydrogen) atoms. The molecule has 0 aromatic rings. The monoisotopic (exact) mass is 450 g/mol. The summed E-state index contributed by atoms with van der Waals surface area (Å²) in [5, 5.41) is 9.87. The predicted octanol–water partition coefficient (Wildman–Crippen LogP) is 3.05. The number of nitrogens with one attached hydrogen (secondary N) is 3. The van der Waals surface area contributed by atoms with E-state index in [1.165, 1.54) is 38.5 Å². The average Bonchev–Trinajstić information content (AvgIpc) is 2.97. The number of carbonyl (C=O) groups is 1. The van der Waals surface area contributed by atoms with E-state index >= 15 is 0 Å². The zero-order valence-corrected chi connectivity index (χ0v) is 17.7. The van der Waals surface area contributed by atoms with Crippen LogP contribution in [0.5, 0.6) is 0 Å². The van der Waals surface area contributed by atoms with Crippen LogP contribution < -0.4 is 16.0 Å². The summed E-state index contributed by atoms with van der Waals surface area (Å²) in [5.41, 5.74) is 0.467. The van der Waals surface area contributed by atoms with Crippen LogP contribution in [0.4, 0.5) is 0 Å². The molecule has 6 heteroatoms. The molecule has 2 aliphatic rings. The van der Waals surface area contributed by atoms with Crippen LogP contribution in [-0.4, -0.2) is 38.5 Å². The van der Waals surface area contributed by atoms with Gasteiger partial charge < -0.3 is 16.0 Å². The molecule has 0 aliphatic heterocycles. The van der Waals surface area contributed by atoms with Gasteiger partial charge in [-0.15, -0.1) is 24.0 Å². The fourth-order valence-electron chi connectivity index (χ4n) is 3.59. The Labute approximate surface area is 164 Å². The number of guanidine groups is 1. The van der Waals surface area contributed by atoms with Gasteiger partial charge in [-0.1, -0.05) is 26.2 Å². The highest BCUT2D eigenvalue weighted by molar-refractivity contribution is 14.0. The lowest BCUT2D eigenvalue weighted by atomic mass is 9.83. The number of carbonyl (C=O) groups excluding carboxylic acids is 1. The van der Waals surface area contributed by atoms with Gasteiger partial charge in [0.05, 0.1) is 0 Å². The van der Waals surface area contributed by atoms with Crippen LogP contribution in [0.15, 0.2) is 4.99 Å². The van der Waals surface area contributed by atoms with Crippen LogP contribution in [0.3, 0.4) is 0 Å². The number of amides is 1. The van der Waals surface area contributed by atoms with Crippen LogP contribution in [0.25, 0.3) is 0 Å². The molecule has 0 radical (unpaired) electrons. The molecule has 0 unspecified atom stereocenters. The number of nitrogens with zero attached hydrogens (tertiary/aromatic N) is 1. The summed E-state index contributed by atoms with van der Waals surface area (Å²) in [5.74, 6) is 1.41. The summed E-state index contributed by atoms with van der Waals surface area (Å²) in [4.78, 5) is 16.0. The summed E-state index contributed by atoms with van der Waals surface area (Å²) in [7, 11) is 1.82. The molecule has 2 aliphatic carbocycles. The van der Waals surface area contributed by atoms with Crippen molar-refractivity contribution < 1.29 is 4.79 Å². The molecule has 0 saturated heterocycles. The lowest BCUT2D eigenvalue weighted by molar-refractivity contribution is -0.127. The van der Waals surface area contributed by atoms with Crippen LogP contribution in [-0.2, 0) is 4.79 Å². The van der Waals surface area contributed by atoms with Crippen LogP contribution in [0, 0.1) is 11.3 Å². The van der Waals surface area contributed by atoms with Gasteiger partial charge in [-0.25, -0.2) is 0 Å². The summed E-state index contributed by atoms with van der Waals surface area (Å²) in [6.07, 6.45) is 10.9. The molecule has 2 fully saturated rings. The fraction of sp³-hybridized carbons (Fsp3) is 0.889. The number of aliphatic imine (C=N–C) groups is 1. The first-order valence-corrected chi connectivity index (χ1v) is 9.41. The highest BCUT2D eigenvalue weighted by Gasteiger charge is 2.31. The zero-order chi connectivity index (χ0) is 16.5. The maximum Gasteiger partial charge on any atom is 0.223 e. The fourth-order valence-corrected chi connectivity index (χ4v) is 3.59. The Bertz CT molecular complexity index is 404. The van der Waals surface area contributed by atoms with Gasteiger partial charge in [-0.3, -0.25) is 9.79 Å². The SMILES string of the molecule is CCC1(CNC(=NC)NCCCNC(=O)C2CCC2)CCCC1.I. The summed E-state index contributed by atoms with van der Waals surface area (Å²) in [6.45, 7) is 4.90. The molecule has 0 atom stereocenters. The van der Waals surface area contributed by atoms with Crippen molar-refractivity contribution in [3.8, 4) is 0 Å². The third-order valence-electron chi connectivity index (χ3n) is 5.69. The molecule has 0 bridgehead atoms. The molecule has 3 N–H and O–H groups in total. The number of rotatable bonds is 8. The second-order valence-electron chi connectivity index (χ2n) is 7.19. The van der Waals surface area contributed by atoms with E-state index in [0.29, 0.717) is 5.41 Å². The van der Waals surface area contributed by atoms with E-state index in [4.69, 9.17) is 0 Å². The Balaban J connectivity index is 0.00000288. The molecule has 2 saturated carbocycles. The van der Waals surface area contributed by atoms with Gasteiger partial charge in [0.2, 0.25) is 5.91 Å². The smallest absolute Gasteiger partial charge is 0.223 e. The van der Waals surface area contributed by atoms with Crippen molar-refractivity contribution in [2.24, 2.45) is 16.3 Å². The molecule has 0 aromatic carbocycles. The van der Waals surface area contributed by atoms with Gasteiger partial charge in [0, 0.05) is 32.6 Å². The van der Waals surface area contributed by atoms with Gasteiger partial charge in [0.25, 0.3) is 0 Å². The number of halogens is 1. The summed E-state index contributed by atoms with van der Waals surface area (Å²) < 4.78 is 0. The van der Waals surface area contributed by atoms with E-state index in [0.717, 1.165) is 44.9 Å². The van der Waals surface area contributed by atoms with Crippen molar-refractivity contribution in [2.75, 3.05) is 26.7 Å². The minimum atomic E-state index is 0. The first kappa shape index (κ1) is 21.5. The van der Waals surface area contributed by atoms with Crippen molar-refractivity contribution >= 4 is 35.8 Å². The van der Waals surface area contributed by atoms with Crippen molar-refractivity contribution in [3.63, 3.8) is 0 Å². The average molecular weight is 450 g/mol. The molecule has 0 heterocycles. The first-order valence-electron chi connectivity index (χ1n) is 9.41. The molecule has 140 valence electrons. The summed E-state index contributed by atoms with van der Waals surface area (Å²) in [6, 6.07) is 0. The second-order valence-corrected chi connectivity index (χ2v) is 7.19. The van der Waals surface area contributed by atoms with E-state index in [1.807, 2.05) is 7.05 Å². The normalized spacial score (nSPS) is 20.0. The first-order chi connectivity index (χ1) is 11.2. The Morgan fingerprint density at radius 2 is 1.75 bits per heavy atom. The van der Waals surface area contributed by atoms with Gasteiger partial charge in [0.1, 0.15) is 0 Å². The lowest BCUT2D eigenvalue weighted by Crippen LogP contribution is -2.43. The Morgan fingerprint density at radius 1 is 1.08 bits per heavy atom. The minimum Gasteiger partial charge on any atom is -0.356 e. The predicted molar refractivity (Wildman–Crippen MR) is 111 cm³/mol. The largest absolute Gasteiger partial charge is 0.356 e. The molecule has 2 rings (SSSR count). The van der Waals surface area contributed by atoms with Gasteiger partial charge in [-0.05, 0) is 43.9 Å². The Kier molecular flexibility index (Phi) is 10.0. The van der Waals surface area contributed by atoms with Crippen LogP contribution in [0.2, 0.25) is 0 Å². The molecular weight excluding hydrogens is 415 g/mol. The molecular formula is C18H35IN4O. The number of hydrogen-bond donors (Lipinski definition) is 3. The van der Waals surface area contributed by atoms with E-state index < -0.39 is 0 Å². The van der Waals surface area contributed by atoms with Crippen molar-refractivity contribution in [1.82, 2.24) is 16.0 Å². The molecule has 1 amide bonds. The van der Waals surface area contributed by atoms with E-state index in [2.05, 4.69) is 27.9 Å². The van der Waals surface area contributed by atoms with Gasteiger partial charge >= 0.3 is 0 Å². The van der Waals surface area contributed by atoms with Crippen molar-refractivity contribution in [1.29, 1.82) is 0 Å². The highest BCUT2D eigenvalue weighted by Crippen LogP contribution is 2.40. The molecule has 5 nitrogen and oxygen atoms in total. The topological polar surface area (TPSA) is 65.5 Å². The van der Waals surface area contributed by atoms with Gasteiger partial charge in [0.15, 0.2) is 5.96 Å².